The van der Waals surface area contributed by atoms with Crippen molar-refractivity contribution in [3.8, 4) is 29.2 Å². The molecule has 150 valence electrons. The molecule has 0 bridgehead atoms. The number of aromatic nitrogens is 2. The number of rotatable bonds is 4. The van der Waals surface area contributed by atoms with Gasteiger partial charge in [-0.25, -0.2) is 4.98 Å². The smallest absolute Gasteiger partial charge is 0.285 e. The van der Waals surface area contributed by atoms with Gasteiger partial charge in [0.1, 0.15) is 0 Å². The Labute approximate surface area is 173 Å². The van der Waals surface area contributed by atoms with Crippen molar-refractivity contribution in [1.29, 1.82) is 5.26 Å². The van der Waals surface area contributed by atoms with E-state index in [9.17, 15) is 20.0 Å². The summed E-state index contributed by atoms with van der Waals surface area (Å²) in [5.41, 5.74) is 8.07. The first kappa shape index (κ1) is 20.6. The van der Waals surface area contributed by atoms with Gasteiger partial charge in [0.05, 0.1) is 22.8 Å². The molecule has 1 atom stereocenters. The van der Waals surface area contributed by atoms with Crippen LogP contribution in [0, 0.1) is 23.2 Å². The van der Waals surface area contributed by atoms with Crippen molar-refractivity contribution in [2.75, 3.05) is 13.6 Å². The summed E-state index contributed by atoms with van der Waals surface area (Å²) in [5, 5.41) is 19.2. The van der Waals surface area contributed by atoms with Crippen molar-refractivity contribution < 1.29 is 14.7 Å². The maximum atomic E-state index is 11.9. The van der Waals surface area contributed by atoms with E-state index in [1.807, 2.05) is 0 Å². The predicted octanol–water partition coefficient (Wildman–Crippen LogP) is 1.16. The number of hydrogen-bond acceptors (Lipinski definition) is 5. The third-order valence-corrected chi connectivity index (χ3v) is 4.57. The minimum atomic E-state index is -1.42. The van der Waals surface area contributed by atoms with Gasteiger partial charge in [-0.1, -0.05) is 24.0 Å². The molecule has 0 aliphatic rings. The summed E-state index contributed by atoms with van der Waals surface area (Å²) in [6.07, 6.45) is 0.145. The molecule has 0 aliphatic heterocycles. The summed E-state index contributed by atoms with van der Waals surface area (Å²) in [6, 6.07) is 12.2. The highest BCUT2D eigenvalue weighted by Gasteiger charge is 2.18. The highest BCUT2D eigenvalue weighted by molar-refractivity contribution is 5.93. The largest absolute Gasteiger partial charge is 0.372 e. The first-order valence-corrected chi connectivity index (χ1v) is 9.12. The zero-order valence-electron chi connectivity index (χ0n) is 16.5. The van der Waals surface area contributed by atoms with Crippen LogP contribution < -0.4 is 5.73 Å². The number of imidazole rings is 1. The van der Waals surface area contributed by atoms with Crippen LogP contribution in [0.3, 0.4) is 0 Å². The summed E-state index contributed by atoms with van der Waals surface area (Å²) in [6.45, 7) is 2.27. The van der Waals surface area contributed by atoms with E-state index >= 15 is 0 Å². The molecule has 0 aliphatic carbocycles. The molecule has 1 aromatic carbocycles. The molecule has 3 N–H and O–H groups in total. The third-order valence-electron chi connectivity index (χ3n) is 4.57. The molecule has 0 radical (unpaired) electrons. The van der Waals surface area contributed by atoms with Crippen LogP contribution in [0.1, 0.15) is 28.7 Å². The number of hydrogen-bond donors (Lipinski definition) is 2. The Morgan fingerprint density at radius 3 is 2.73 bits per heavy atom. The highest BCUT2D eigenvalue weighted by Crippen LogP contribution is 2.26. The van der Waals surface area contributed by atoms with Gasteiger partial charge >= 0.3 is 0 Å². The number of nitrogens with two attached hydrogens (primary N) is 1. The zero-order chi connectivity index (χ0) is 21.8. The van der Waals surface area contributed by atoms with Gasteiger partial charge in [0, 0.05) is 30.9 Å². The Hall–Kier alpha value is -4.14. The molecule has 0 spiro atoms. The van der Waals surface area contributed by atoms with Gasteiger partial charge in [0.25, 0.3) is 11.8 Å². The van der Waals surface area contributed by atoms with Gasteiger partial charge in [-0.15, -0.1) is 0 Å². The van der Waals surface area contributed by atoms with Crippen LogP contribution in [0.4, 0.5) is 0 Å². The summed E-state index contributed by atoms with van der Waals surface area (Å²) in [4.78, 5) is 29.5. The van der Waals surface area contributed by atoms with E-state index in [1.54, 1.807) is 56.6 Å². The van der Waals surface area contributed by atoms with Gasteiger partial charge in [-0.05, 0) is 31.2 Å². The van der Waals surface area contributed by atoms with Crippen molar-refractivity contribution in [3.63, 3.8) is 0 Å². The Morgan fingerprint density at radius 1 is 1.30 bits per heavy atom. The number of carbonyl (C=O) groups excluding carboxylic acids is 2. The Morgan fingerprint density at radius 2 is 2.07 bits per heavy atom. The van der Waals surface area contributed by atoms with Gasteiger partial charge in [-0.2, -0.15) is 5.26 Å². The maximum absolute atomic E-state index is 11.9. The fraction of sp³-hybridized carbons (Fsp3) is 0.182. The van der Waals surface area contributed by atoms with E-state index in [0.29, 0.717) is 34.4 Å². The molecule has 2 amide bonds. The monoisotopic (exact) mass is 401 g/mol. The average molecular weight is 401 g/mol. The Kier molecular flexibility index (Phi) is 5.82. The molecule has 3 rings (SSSR count). The summed E-state index contributed by atoms with van der Waals surface area (Å²) in [7, 11) is 1.59. The number of nitriles is 1. The second-order valence-electron chi connectivity index (χ2n) is 6.54. The minimum absolute atomic E-state index is 0.0459. The first-order valence-electron chi connectivity index (χ1n) is 9.12. The van der Waals surface area contributed by atoms with Gasteiger partial charge in [-0.3, -0.25) is 14.0 Å². The number of amides is 2. The highest BCUT2D eigenvalue weighted by atomic mass is 16.3. The predicted molar refractivity (Wildman–Crippen MR) is 110 cm³/mol. The van der Waals surface area contributed by atoms with Crippen LogP contribution in [0.2, 0.25) is 0 Å². The summed E-state index contributed by atoms with van der Waals surface area (Å²) in [5.74, 6) is 4.21. The molecule has 8 heteroatoms. The summed E-state index contributed by atoms with van der Waals surface area (Å²) >= 11 is 0. The van der Waals surface area contributed by atoms with E-state index in [2.05, 4.69) is 22.9 Å². The molecule has 0 saturated heterocycles. The second-order valence-corrected chi connectivity index (χ2v) is 6.54. The lowest BCUT2D eigenvalue weighted by atomic mass is 10.1. The van der Waals surface area contributed by atoms with E-state index in [-0.39, 0.29) is 5.82 Å². The molecule has 8 nitrogen and oxygen atoms in total. The Bertz CT molecular complexity index is 1240. The van der Waals surface area contributed by atoms with Crippen LogP contribution in [0.25, 0.3) is 16.8 Å². The first-order chi connectivity index (χ1) is 14.3. The number of pyridine rings is 1. The molecular formula is C22H19N5O3. The van der Waals surface area contributed by atoms with Gasteiger partial charge < -0.3 is 15.7 Å². The van der Waals surface area contributed by atoms with Gasteiger partial charge in [0.2, 0.25) is 5.82 Å². The lowest BCUT2D eigenvalue weighted by Gasteiger charge is -2.15. The molecule has 2 aromatic heterocycles. The number of primary amides is 1. The lowest BCUT2D eigenvalue weighted by Crippen LogP contribution is -2.35. The van der Waals surface area contributed by atoms with Crippen LogP contribution in [-0.4, -0.2) is 50.9 Å². The van der Waals surface area contributed by atoms with Crippen molar-refractivity contribution in [2.45, 2.75) is 13.0 Å². The fourth-order valence-electron chi connectivity index (χ4n) is 2.86. The number of aliphatic hydroxyl groups is 1. The zero-order valence-corrected chi connectivity index (χ0v) is 16.5. The van der Waals surface area contributed by atoms with E-state index in [0.717, 1.165) is 0 Å². The van der Waals surface area contributed by atoms with E-state index in [1.165, 1.54) is 9.30 Å². The third kappa shape index (κ3) is 4.00. The molecule has 30 heavy (non-hydrogen) atoms. The topological polar surface area (TPSA) is 125 Å². The Balaban J connectivity index is 2.04. The number of aliphatic hydroxyl groups excluding tert-OH is 1. The molecular weight excluding hydrogens is 382 g/mol. The van der Waals surface area contributed by atoms with E-state index in [4.69, 9.17) is 5.73 Å². The summed E-state index contributed by atoms with van der Waals surface area (Å²) < 4.78 is 1.53. The van der Waals surface area contributed by atoms with Crippen LogP contribution in [0.15, 0.2) is 42.6 Å². The van der Waals surface area contributed by atoms with Crippen molar-refractivity contribution in [3.05, 3.63) is 59.5 Å². The fourth-order valence-corrected chi connectivity index (χ4v) is 2.86. The van der Waals surface area contributed by atoms with Crippen molar-refractivity contribution in [2.24, 2.45) is 5.73 Å². The SMILES string of the molecule is CCN(C)C(=O)[C@H](O)C#Cc1cccc(-c2nc(C(N)=O)n3ccc(C#N)cc23)c1. The number of benzene rings is 1. The van der Waals surface area contributed by atoms with Crippen LogP contribution in [-0.2, 0) is 4.79 Å². The number of likely N-dealkylation sites (N-methyl/N-ethyl adjacent to an activating group) is 1. The maximum Gasteiger partial charge on any atom is 0.285 e. The van der Waals surface area contributed by atoms with Crippen molar-refractivity contribution >= 4 is 17.3 Å². The molecule has 3 aromatic rings. The molecule has 2 heterocycles. The van der Waals surface area contributed by atoms with E-state index < -0.39 is 17.9 Å². The quantitative estimate of drug-likeness (QED) is 0.635. The molecule has 0 saturated carbocycles. The van der Waals surface area contributed by atoms with Crippen LogP contribution in [0.5, 0.6) is 0 Å². The number of carbonyl (C=O) groups is 2. The number of fused-ring (bicyclic) bond motifs is 1. The van der Waals surface area contributed by atoms with Crippen LogP contribution >= 0.6 is 0 Å². The standard InChI is InChI=1S/C22H19N5O3/c1-3-26(2)22(30)18(28)8-7-14-5-4-6-16(11-14)19-17-12-15(13-23)9-10-27(17)21(25-19)20(24)29/h4-6,9-12,18,28H,3H2,1-2H3,(H2,24,29)/t18-/m1/s1. The molecule has 0 unspecified atom stereocenters. The van der Waals surface area contributed by atoms with Gasteiger partial charge in [0.15, 0.2) is 6.10 Å². The average Bonchev–Trinajstić information content (AvgIpc) is 3.15. The van der Waals surface area contributed by atoms with Crippen molar-refractivity contribution in [1.82, 2.24) is 14.3 Å². The normalized spacial score (nSPS) is 11.3. The minimum Gasteiger partial charge on any atom is -0.372 e. The second kappa shape index (κ2) is 8.48. The number of nitrogens with zero attached hydrogens (tertiary/aromatic N) is 4. The molecule has 0 fully saturated rings. The lowest BCUT2D eigenvalue weighted by molar-refractivity contribution is -0.135.